The number of carbonyl (C=O) groups is 1. The molecule has 5 nitrogen and oxygen atoms in total. The zero-order valence-corrected chi connectivity index (χ0v) is 8.59. The second-order valence-corrected chi connectivity index (χ2v) is 2.95. The Morgan fingerprint density at radius 2 is 2.00 bits per heavy atom. The second-order valence-electron chi connectivity index (χ2n) is 2.95. The van der Waals surface area contributed by atoms with Crippen LogP contribution < -0.4 is 5.73 Å². The van der Waals surface area contributed by atoms with E-state index in [2.05, 4.69) is 11.7 Å². The number of esters is 1. The van der Waals surface area contributed by atoms with E-state index in [-0.39, 0.29) is 12.4 Å². The Bertz CT molecular complexity index is 410. The number of rotatable bonds is 4. The third-order valence-electron chi connectivity index (χ3n) is 1.86. The van der Waals surface area contributed by atoms with Crippen molar-refractivity contribution in [3.63, 3.8) is 0 Å². The van der Waals surface area contributed by atoms with Gasteiger partial charge in [-0.15, -0.1) is 0 Å². The number of nitrogens with two attached hydrogens (primary N) is 1. The molecule has 5 heteroatoms. The highest BCUT2D eigenvalue weighted by Crippen LogP contribution is 2.05. The van der Waals surface area contributed by atoms with Gasteiger partial charge in [0.1, 0.15) is 6.61 Å². The fraction of sp³-hybridized carbons (Fsp3) is 0.0909. The van der Waals surface area contributed by atoms with E-state index in [0.29, 0.717) is 11.1 Å². The molecule has 1 aromatic carbocycles. The van der Waals surface area contributed by atoms with Gasteiger partial charge in [0.05, 0.1) is 5.56 Å². The maximum absolute atomic E-state index is 11.4. The van der Waals surface area contributed by atoms with Crippen molar-refractivity contribution in [3.05, 3.63) is 48.0 Å². The van der Waals surface area contributed by atoms with E-state index < -0.39 is 5.97 Å². The summed E-state index contributed by atoms with van der Waals surface area (Å²) in [7, 11) is 0. The molecule has 0 aromatic heterocycles. The van der Waals surface area contributed by atoms with Crippen LogP contribution in [0.1, 0.15) is 15.9 Å². The average Bonchev–Trinajstić information content (AvgIpc) is 2.35. The van der Waals surface area contributed by atoms with Gasteiger partial charge in [0.15, 0.2) is 5.84 Å². The zero-order chi connectivity index (χ0) is 12.0. The van der Waals surface area contributed by atoms with Gasteiger partial charge in [-0.05, 0) is 12.1 Å². The minimum absolute atomic E-state index is 0.00833. The summed E-state index contributed by atoms with van der Waals surface area (Å²) in [5, 5.41) is 11.3. The molecule has 0 heterocycles. The molecule has 3 N–H and O–H groups in total. The molecule has 0 aliphatic heterocycles. The molecule has 0 amide bonds. The van der Waals surface area contributed by atoms with Crippen LogP contribution in [0.4, 0.5) is 0 Å². The van der Waals surface area contributed by atoms with Crippen molar-refractivity contribution >= 4 is 11.8 Å². The van der Waals surface area contributed by atoms with E-state index in [1.165, 1.54) is 6.08 Å². The molecule has 0 unspecified atom stereocenters. The lowest BCUT2D eigenvalue weighted by atomic mass is 10.1. The van der Waals surface area contributed by atoms with Gasteiger partial charge in [0.25, 0.3) is 0 Å². The van der Waals surface area contributed by atoms with Crippen LogP contribution in [-0.4, -0.2) is 23.6 Å². The van der Waals surface area contributed by atoms with Crippen LogP contribution in [0.5, 0.6) is 0 Å². The fourth-order valence-electron chi connectivity index (χ4n) is 1.05. The number of oxime groups is 1. The molecule has 0 atom stereocenters. The van der Waals surface area contributed by atoms with Gasteiger partial charge in [0, 0.05) is 5.56 Å². The van der Waals surface area contributed by atoms with Gasteiger partial charge in [-0.1, -0.05) is 29.9 Å². The molecule has 16 heavy (non-hydrogen) atoms. The lowest BCUT2D eigenvalue weighted by molar-refractivity contribution is 0.0550. The Morgan fingerprint density at radius 1 is 1.44 bits per heavy atom. The minimum Gasteiger partial charge on any atom is -0.458 e. The molecule has 0 aliphatic carbocycles. The Labute approximate surface area is 92.8 Å². The van der Waals surface area contributed by atoms with Crippen molar-refractivity contribution in [1.82, 2.24) is 0 Å². The van der Waals surface area contributed by atoms with Gasteiger partial charge in [-0.3, -0.25) is 0 Å². The van der Waals surface area contributed by atoms with Crippen LogP contribution in [0, 0.1) is 0 Å². The van der Waals surface area contributed by atoms with Gasteiger partial charge < -0.3 is 15.7 Å². The lowest BCUT2D eigenvalue weighted by Crippen LogP contribution is -2.13. The summed E-state index contributed by atoms with van der Waals surface area (Å²) in [5.41, 5.74) is 6.30. The van der Waals surface area contributed by atoms with Gasteiger partial charge in [-0.2, -0.15) is 0 Å². The van der Waals surface area contributed by atoms with Crippen LogP contribution in [0.25, 0.3) is 0 Å². The molecule has 0 spiro atoms. The molecule has 1 aromatic rings. The highest BCUT2D eigenvalue weighted by atomic mass is 16.5. The molecule has 0 saturated carbocycles. The van der Waals surface area contributed by atoms with E-state index in [9.17, 15) is 4.79 Å². The number of hydrogen-bond donors (Lipinski definition) is 2. The number of carbonyl (C=O) groups excluding carboxylic acids is 1. The number of ether oxygens (including phenoxy) is 1. The maximum atomic E-state index is 11.4. The molecule has 0 aliphatic rings. The first kappa shape index (κ1) is 11.8. The van der Waals surface area contributed by atoms with E-state index >= 15 is 0 Å². The molecular weight excluding hydrogens is 208 g/mol. The van der Waals surface area contributed by atoms with E-state index in [4.69, 9.17) is 15.7 Å². The predicted molar refractivity (Wildman–Crippen MR) is 59.4 cm³/mol. The Morgan fingerprint density at radius 3 is 2.50 bits per heavy atom. The largest absolute Gasteiger partial charge is 0.458 e. The molecule has 0 fully saturated rings. The Kier molecular flexibility index (Phi) is 4.08. The van der Waals surface area contributed by atoms with Gasteiger partial charge in [-0.25, -0.2) is 4.79 Å². The monoisotopic (exact) mass is 220 g/mol. The van der Waals surface area contributed by atoms with E-state index in [0.717, 1.165) is 0 Å². The SMILES string of the molecule is C=CCOC(=O)c1ccc(C(N)=NO)cc1. The van der Waals surface area contributed by atoms with Crippen molar-refractivity contribution in [2.24, 2.45) is 10.9 Å². The first-order valence-corrected chi connectivity index (χ1v) is 4.55. The smallest absolute Gasteiger partial charge is 0.338 e. The average molecular weight is 220 g/mol. The van der Waals surface area contributed by atoms with Crippen LogP contribution in [0.2, 0.25) is 0 Å². The predicted octanol–water partition coefficient (Wildman–Crippen LogP) is 1.12. The van der Waals surface area contributed by atoms with E-state index in [1.807, 2.05) is 0 Å². The lowest BCUT2D eigenvalue weighted by Gasteiger charge is -2.03. The summed E-state index contributed by atoms with van der Waals surface area (Å²) in [6, 6.07) is 6.22. The minimum atomic E-state index is -0.439. The fourth-order valence-corrected chi connectivity index (χ4v) is 1.05. The molecular formula is C11H12N2O3. The molecule has 0 saturated heterocycles. The number of benzene rings is 1. The van der Waals surface area contributed by atoms with Crippen molar-refractivity contribution in [2.75, 3.05) is 6.61 Å². The van der Waals surface area contributed by atoms with Crippen LogP contribution in [0.15, 0.2) is 42.1 Å². The second kappa shape index (κ2) is 5.55. The maximum Gasteiger partial charge on any atom is 0.338 e. The van der Waals surface area contributed by atoms with Crippen molar-refractivity contribution in [3.8, 4) is 0 Å². The zero-order valence-electron chi connectivity index (χ0n) is 8.59. The van der Waals surface area contributed by atoms with Crippen LogP contribution >= 0.6 is 0 Å². The molecule has 0 radical (unpaired) electrons. The third kappa shape index (κ3) is 2.84. The van der Waals surface area contributed by atoms with Crippen molar-refractivity contribution in [1.29, 1.82) is 0 Å². The Hall–Kier alpha value is -2.30. The highest BCUT2D eigenvalue weighted by Gasteiger charge is 2.06. The quantitative estimate of drug-likeness (QED) is 0.199. The number of nitrogens with zero attached hydrogens (tertiary/aromatic N) is 1. The standard InChI is InChI=1S/C11H12N2O3/c1-2-7-16-11(14)9-5-3-8(4-6-9)10(12)13-15/h2-6,15H,1,7H2,(H2,12,13). The van der Waals surface area contributed by atoms with Gasteiger partial charge >= 0.3 is 5.97 Å². The third-order valence-corrected chi connectivity index (χ3v) is 1.86. The first-order chi connectivity index (χ1) is 7.69. The van der Waals surface area contributed by atoms with E-state index in [1.54, 1.807) is 24.3 Å². The molecule has 1 rings (SSSR count). The first-order valence-electron chi connectivity index (χ1n) is 4.55. The number of amidine groups is 1. The summed E-state index contributed by atoms with van der Waals surface area (Å²) >= 11 is 0. The normalized spacial score (nSPS) is 10.9. The molecule has 0 bridgehead atoms. The summed E-state index contributed by atoms with van der Waals surface area (Å²) in [4.78, 5) is 11.4. The van der Waals surface area contributed by atoms with Crippen molar-refractivity contribution in [2.45, 2.75) is 0 Å². The highest BCUT2D eigenvalue weighted by molar-refractivity contribution is 5.98. The molecule has 84 valence electrons. The number of hydrogen-bond acceptors (Lipinski definition) is 4. The topological polar surface area (TPSA) is 84.9 Å². The van der Waals surface area contributed by atoms with Gasteiger partial charge in [0.2, 0.25) is 0 Å². The van der Waals surface area contributed by atoms with Crippen molar-refractivity contribution < 1.29 is 14.7 Å². The summed E-state index contributed by atoms with van der Waals surface area (Å²) in [6.07, 6.45) is 1.49. The Balaban J connectivity index is 2.78. The summed E-state index contributed by atoms with van der Waals surface area (Å²) < 4.78 is 4.84. The van der Waals surface area contributed by atoms with Crippen LogP contribution in [-0.2, 0) is 4.74 Å². The van der Waals surface area contributed by atoms with Crippen LogP contribution in [0.3, 0.4) is 0 Å². The summed E-state index contributed by atoms with van der Waals surface area (Å²) in [5.74, 6) is -0.447. The summed E-state index contributed by atoms with van der Waals surface area (Å²) in [6.45, 7) is 3.60.